The fraction of sp³-hybridized carbons (Fsp3) is 0. The third-order valence-electron chi connectivity index (χ3n) is 12.7. The van der Waals surface area contributed by atoms with Crippen LogP contribution in [0.15, 0.2) is 194 Å². The normalized spacial score (nSPS) is 14.3. The molecular formula is C50H32BN3Si. The number of benzene rings is 8. The highest BCUT2D eigenvalue weighted by Crippen LogP contribution is 2.45. The Balaban J connectivity index is 1.26. The zero-order valence-corrected chi connectivity index (χ0v) is 30.9. The lowest BCUT2D eigenvalue weighted by Gasteiger charge is -2.49. The Morgan fingerprint density at radius 1 is 0.400 bits per heavy atom. The molecule has 0 saturated heterocycles. The van der Waals surface area contributed by atoms with E-state index in [1.165, 1.54) is 98.4 Å². The minimum atomic E-state index is -2.81. The molecule has 0 radical (unpaired) electrons. The molecular weight excluding hydrogens is 681 g/mol. The van der Waals surface area contributed by atoms with Crippen LogP contribution in [-0.2, 0) is 0 Å². The summed E-state index contributed by atoms with van der Waals surface area (Å²) >= 11 is 0. The van der Waals surface area contributed by atoms with E-state index in [0.717, 1.165) is 0 Å². The summed E-state index contributed by atoms with van der Waals surface area (Å²) in [7, 11) is -2.81. The van der Waals surface area contributed by atoms with Crippen LogP contribution in [0.4, 0.5) is 17.1 Å². The SMILES string of the molecule is c1ccc(-n2c3c(c4ccccc42)-n2c4ccccc4c4ccc5c(c42)B3c2cccc3c2N5c2ccccc2[Si]3(c2ccccc2)c2ccccc2)cc1. The van der Waals surface area contributed by atoms with Crippen molar-refractivity contribution < 1.29 is 0 Å². The first-order valence-electron chi connectivity index (χ1n) is 19.2. The molecule has 3 nitrogen and oxygen atoms in total. The van der Waals surface area contributed by atoms with Gasteiger partial charge in [0, 0.05) is 44.5 Å². The quantitative estimate of drug-likeness (QED) is 0.179. The third-order valence-corrected chi connectivity index (χ3v) is 17.6. The first-order chi connectivity index (χ1) is 27.4. The number of aromatic nitrogens is 2. The second kappa shape index (κ2) is 10.7. The van der Waals surface area contributed by atoms with E-state index in [1.54, 1.807) is 0 Å². The molecule has 0 unspecified atom stereocenters. The molecule has 5 heteroatoms. The maximum atomic E-state index is 2.64. The minimum Gasteiger partial charge on any atom is -0.319 e. The molecule has 254 valence electrons. The van der Waals surface area contributed by atoms with Crippen LogP contribution in [0, 0.1) is 0 Å². The Morgan fingerprint density at radius 3 is 1.75 bits per heavy atom. The van der Waals surface area contributed by atoms with E-state index in [1.807, 2.05) is 0 Å². The minimum absolute atomic E-state index is 0.00664. The first kappa shape index (κ1) is 29.6. The van der Waals surface area contributed by atoms with Crippen LogP contribution in [0.2, 0.25) is 0 Å². The topological polar surface area (TPSA) is 13.1 Å². The molecule has 55 heavy (non-hydrogen) atoms. The number of fused-ring (bicyclic) bond motifs is 12. The monoisotopic (exact) mass is 713 g/mol. The molecule has 0 fully saturated rings. The van der Waals surface area contributed by atoms with E-state index < -0.39 is 8.07 Å². The van der Waals surface area contributed by atoms with Gasteiger partial charge in [-0.3, -0.25) is 0 Å². The highest BCUT2D eigenvalue weighted by atomic mass is 28.3. The summed E-state index contributed by atoms with van der Waals surface area (Å²) in [6.45, 7) is -0.00664. The second-order valence-corrected chi connectivity index (χ2v) is 18.9. The highest BCUT2D eigenvalue weighted by molar-refractivity contribution is 7.22. The fourth-order valence-electron chi connectivity index (χ4n) is 10.8. The highest BCUT2D eigenvalue weighted by Gasteiger charge is 2.53. The van der Waals surface area contributed by atoms with Gasteiger partial charge in [-0.2, -0.15) is 0 Å². The largest absolute Gasteiger partial charge is 0.319 e. The van der Waals surface area contributed by atoms with Crippen molar-refractivity contribution in [2.45, 2.75) is 0 Å². The molecule has 3 aliphatic rings. The maximum absolute atomic E-state index is 2.81. The van der Waals surface area contributed by atoms with Gasteiger partial charge in [0.2, 0.25) is 0 Å². The number of hydrogen-bond donors (Lipinski definition) is 0. The second-order valence-electron chi connectivity index (χ2n) is 15.2. The van der Waals surface area contributed by atoms with Crippen molar-refractivity contribution in [1.82, 2.24) is 9.13 Å². The summed E-state index contributed by atoms with van der Waals surface area (Å²) in [5, 5.41) is 9.57. The molecule has 0 bridgehead atoms. The fourth-order valence-corrected chi connectivity index (χ4v) is 16.0. The average molecular weight is 714 g/mol. The van der Waals surface area contributed by atoms with E-state index in [2.05, 4.69) is 208 Å². The lowest BCUT2D eigenvalue weighted by atomic mass is 9.35. The van der Waals surface area contributed by atoms with Crippen molar-refractivity contribution in [2.75, 3.05) is 4.90 Å². The summed E-state index contributed by atoms with van der Waals surface area (Å²) < 4.78 is 5.18. The van der Waals surface area contributed by atoms with E-state index in [-0.39, 0.29) is 6.71 Å². The van der Waals surface area contributed by atoms with Crippen LogP contribution in [0.3, 0.4) is 0 Å². The van der Waals surface area contributed by atoms with Gasteiger partial charge in [-0.25, -0.2) is 0 Å². The number of hydrogen-bond acceptors (Lipinski definition) is 1. The summed E-state index contributed by atoms with van der Waals surface area (Å²) in [6.07, 6.45) is 0. The van der Waals surface area contributed by atoms with Gasteiger partial charge in [0.25, 0.3) is 6.71 Å². The van der Waals surface area contributed by atoms with Crippen molar-refractivity contribution in [3.8, 4) is 11.4 Å². The maximum Gasteiger partial charge on any atom is 0.273 e. The molecule has 0 amide bonds. The summed E-state index contributed by atoms with van der Waals surface area (Å²) in [6, 6.07) is 73.2. The number of para-hydroxylation sites is 5. The number of anilines is 3. The van der Waals surface area contributed by atoms with Crippen LogP contribution in [-0.4, -0.2) is 23.9 Å². The number of rotatable bonds is 3. The molecule has 3 aliphatic heterocycles. The summed E-state index contributed by atoms with van der Waals surface area (Å²) in [5.41, 5.74) is 14.3. The van der Waals surface area contributed by atoms with Crippen LogP contribution in [0.5, 0.6) is 0 Å². The summed E-state index contributed by atoms with van der Waals surface area (Å²) in [5.74, 6) is 0. The Kier molecular flexibility index (Phi) is 5.74. The van der Waals surface area contributed by atoms with Crippen LogP contribution in [0.1, 0.15) is 0 Å². The molecule has 2 aromatic heterocycles. The van der Waals surface area contributed by atoms with Gasteiger partial charge in [-0.1, -0.05) is 158 Å². The van der Waals surface area contributed by atoms with E-state index >= 15 is 0 Å². The molecule has 13 rings (SSSR count). The van der Waals surface area contributed by atoms with Gasteiger partial charge in [0.15, 0.2) is 8.07 Å². The Labute approximate surface area is 320 Å². The smallest absolute Gasteiger partial charge is 0.273 e. The predicted octanol–water partition coefficient (Wildman–Crippen LogP) is 7.03. The Hall–Kier alpha value is -6.82. The Bertz CT molecular complexity index is 3180. The summed E-state index contributed by atoms with van der Waals surface area (Å²) in [4.78, 5) is 2.64. The lowest BCUT2D eigenvalue weighted by molar-refractivity contribution is 1.13. The van der Waals surface area contributed by atoms with E-state index in [4.69, 9.17) is 0 Å². The van der Waals surface area contributed by atoms with Crippen molar-refractivity contribution in [2.24, 2.45) is 0 Å². The van der Waals surface area contributed by atoms with Gasteiger partial charge >= 0.3 is 0 Å². The van der Waals surface area contributed by atoms with Gasteiger partial charge < -0.3 is 14.0 Å². The van der Waals surface area contributed by atoms with Crippen LogP contribution in [0.25, 0.3) is 44.1 Å². The van der Waals surface area contributed by atoms with E-state index in [9.17, 15) is 0 Å². The molecule has 0 saturated carbocycles. The van der Waals surface area contributed by atoms with Crippen molar-refractivity contribution >= 4 is 102 Å². The molecule has 0 aliphatic carbocycles. The van der Waals surface area contributed by atoms with E-state index in [0.29, 0.717) is 0 Å². The Morgan fingerprint density at radius 2 is 1.00 bits per heavy atom. The zero-order valence-electron chi connectivity index (χ0n) is 29.9. The van der Waals surface area contributed by atoms with Crippen molar-refractivity contribution in [3.05, 3.63) is 194 Å². The van der Waals surface area contributed by atoms with Gasteiger partial charge in [0.1, 0.15) is 0 Å². The molecule has 10 aromatic rings. The number of nitrogens with zero attached hydrogens (tertiary/aromatic N) is 3. The van der Waals surface area contributed by atoms with Crippen molar-refractivity contribution in [3.63, 3.8) is 0 Å². The predicted molar refractivity (Wildman–Crippen MR) is 234 cm³/mol. The van der Waals surface area contributed by atoms with Crippen molar-refractivity contribution in [1.29, 1.82) is 0 Å². The first-order valence-corrected chi connectivity index (χ1v) is 21.2. The molecule has 8 aromatic carbocycles. The molecule has 0 N–H and O–H groups in total. The van der Waals surface area contributed by atoms with Gasteiger partial charge in [0.05, 0.1) is 22.2 Å². The lowest BCUT2D eigenvalue weighted by Crippen LogP contribution is -2.79. The zero-order chi connectivity index (χ0) is 35.8. The average Bonchev–Trinajstić information content (AvgIpc) is 3.78. The van der Waals surface area contributed by atoms with Gasteiger partial charge in [-0.15, -0.1) is 0 Å². The van der Waals surface area contributed by atoms with Crippen LogP contribution >= 0.6 is 0 Å². The molecule has 0 atom stereocenters. The van der Waals surface area contributed by atoms with Gasteiger partial charge in [-0.05, 0) is 68.1 Å². The van der Waals surface area contributed by atoms with Crippen LogP contribution < -0.4 is 42.2 Å². The molecule has 5 heterocycles. The standard InChI is InChI=1S/C50H32BN3Si/c1-4-17-33(18-5-1)52-41-27-13-11-24-38(41)48-50(52)51-39-25-16-30-45-49(39)53(43-32-31-37-36-23-10-12-26-40(36)54(48)47(37)46(43)51)42-28-14-15-29-44(42)55(45,34-19-6-2-7-20-34)35-21-8-3-9-22-35/h1-32H. The third kappa shape index (κ3) is 3.53. The molecule has 0 spiro atoms.